The maximum Gasteiger partial charge on any atom is 0.213 e. The molecule has 156 valence electrons. The molecule has 10 heteroatoms. The Morgan fingerprint density at radius 2 is 2.04 bits per heavy atom. The summed E-state index contributed by atoms with van der Waals surface area (Å²) in [6.45, 7) is 4.83. The zero-order valence-electron chi connectivity index (χ0n) is 16.2. The first-order valence-electron chi connectivity index (χ1n) is 8.63. The van der Waals surface area contributed by atoms with Crippen LogP contribution in [0.1, 0.15) is 18.2 Å². The number of pyridine rings is 1. The summed E-state index contributed by atoms with van der Waals surface area (Å²) in [7, 11) is 3.51. The number of aliphatic imine (C=N–C) groups is 1. The molecular formula is C18H26Cl2IN5O2. The van der Waals surface area contributed by atoms with Crippen LogP contribution >= 0.6 is 47.2 Å². The molecule has 2 N–H and O–H groups in total. The topological polar surface area (TPSA) is 72.7 Å². The number of nitrogens with zero attached hydrogens (tertiary/aromatic N) is 3. The van der Waals surface area contributed by atoms with Crippen molar-refractivity contribution in [1.29, 1.82) is 0 Å². The maximum absolute atomic E-state index is 6.10. The lowest BCUT2D eigenvalue weighted by Crippen LogP contribution is -2.37. The number of ether oxygens (including phenoxy) is 2. The van der Waals surface area contributed by atoms with Gasteiger partial charge in [0.05, 0.1) is 24.7 Å². The molecule has 0 fully saturated rings. The van der Waals surface area contributed by atoms with Gasteiger partial charge in [-0.05, 0) is 18.6 Å². The third kappa shape index (κ3) is 7.65. The van der Waals surface area contributed by atoms with Crippen molar-refractivity contribution in [2.75, 3.05) is 26.9 Å². The maximum atomic E-state index is 6.10. The predicted octanol–water partition coefficient (Wildman–Crippen LogP) is 3.63. The molecule has 0 aromatic carbocycles. The third-order valence-electron chi connectivity index (χ3n) is 3.75. The fourth-order valence-electron chi connectivity index (χ4n) is 2.26. The average Bonchev–Trinajstić information content (AvgIpc) is 2.92. The zero-order valence-corrected chi connectivity index (χ0v) is 20.0. The van der Waals surface area contributed by atoms with Crippen molar-refractivity contribution in [3.8, 4) is 5.88 Å². The summed E-state index contributed by atoms with van der Waals surface area (Å²) >= 11 is 12.2. The van der Waals surface area contributed by atoms with Crippen LogP contribution in [-0.4, -0.2) is 42.4 Å². The zero-order chi connectivity index (χ0) is 19.6. The minimum Gasteiger partial charge on any atom is -0.475 e. The number of methoxy groups -OCH3 is 1. The Labute approximate surface area is 192 Å². The molecule has 0 radical (unpaired) electrons. The predicted molar refractivity (Wildman–Crippen MR) is 124 cm³/mol. The summed E-state index contributed by atoms with van der Waals surface area (Å²) in [6.07, 6.45) is 1.76. The molecular weight excluding hydrogens is 516 g/mol. The molecule has 0 atom stereocenters. The number of nitrogens with one attached hydrogen (secondary N) is 2. The van der Waals surface area contributed by atoms with Crippen molar-refractivity contribution < 1.29 is 9.47 Å². The summed E-state index contributed by atoms with van der Waals surface area (Å²) in [6, 6.07) is 5.61. The van der Waals surface area contributed by atoms with E-state index in [9.17, 15) is 0 Å². The first-order chi connectivity index (χ1) is 13.0. The molecule has 2 heterocycles. The first kappa shape index (κ1) is 24.8. The number of hydrogen-bond donors (Lipinski definition) is 2. The summed E-state index contributed by atoms with van der Waals surface area (Å²) in [5, 5.41) is 7.55. The standard InChI is InChI=1S/C18H25Cl2N5O2.HI/c1-4-21-18(24-12-14-9-15(19)17(20)25(14)2)23-11-13-5-6-16(22-10-13)27-8-7-26-3;/h5-6,9-10H,4,7-8,11-12H2,1-3H3,(H2,21,23,24);1H. The molecule has 2 aromatic rings. The van der Waals surface area contributed by atoms with Crippen molar-refractivity contribution in [2.45, 2.75) is 20.0 Å². The van der Waals surface area contributed by atoms with Gasteiger partial charge >= 0.3 is 0 Å². The third-order valence-corrected chi connectivity index (χ3v) is 4.59. The Hall–Kier alpha value is -1.23. The van der Waals surface area contributed by atoms with Crippen LogP contribution in [0.2, 0.25) is 10.2 Å². The minimum atomic E-state index is 0. The van der Waals surface area contributed by atoms with Crippen LogP contribution in [0.5, 0.6) is 5.88 Å². The second kappa shape index (κ2) is 13.1. The summed E-state index contributed by atoms with van der Waals surface area (Å²) < 4.78 is 12.2. The number of aromatic nitrogens is 2. The van der Waals surface area contributed by atoms with Gasteiger partial charge < -0.3 is 24.7 Å². The number of hydrogen-bond acceptors (Lipinski definition) is 4. The highest BCUT2D eigenvalue weighted by Gasteiger charge is 2.09. The van der Waals surface area contributed by atoms with Crippen molar-refractivity contribution >= 4 is 53.1 Å². The molecule has 0 saturated carbocycles. The van der Waals surface area contributed by atoms with E-state index in [1.807, 2.05) is 36.7 Å². The number of halogens is 3. The van der Waals surface area contributed by atoms with Gasteiger partial charge in [-0.25, -0.2) is 9.98 Å². The lowest BCUT2D eigenvalue weighted by atomic mass is 10.3. The molecule has 0 amide bonds. The van der Waals surface area contributed by atoms with Gasteiger partial charge in [-0.3, -0.25) is 0 Å². The summed E-state index contributed by atoms with van der Waals surface area (Å²) in [5.74, 6) is 1.27. The van der Waals surface area contributed by atoms with E-state index in [0.717, 1.165) is 17.8 Å². The second-order valence-electron chi connectivity index (χ2n) is 5.73. The van der Waals surface area contributed by atoms with E-state index in [1.165, 1.54) is 0 Å². The van der Waals surface area contributed by atoms with E-state index >= 15 is 0 Å². The summed E-state index contributed by atoms with van der Waals surface area (Å²) in [5.41, 5.74) is 1.95. The Bertz CT molecular complexity index is 753. The molecule has 2 aromatic heterocycles. The van der Waals surface area contributed by atoms with Gasteiger partial charge in [-0.1, -0.05) is 29.3 Å². The molecule has 0 aliphatic rings. The van der Waals surface area contributed by atoms with Gasteiger partial charge in [0.15, 0.2) is 5.96 Å². The summed E-state index contributed by atoms with van der Waals surface area (Å²) in [4.78, 5) is 8.85. The Balaban J connectivity index is 0.00000392. The molecule has 28 heavy (non-hydrogen) atoms. The van der Waals surface area contributed by atoms with Crippen molar-refractivity contribution in [2.24, 2.45) is 12.0 Å². The quantitative estimate of drug-likeness (QED) is 0.219. The van der Waals surface area contributed by atoms with E-state index in [2.05, 4.69) is 20.6 Å². The fourth-order valence-corrected chi connectivity index (χ4v) is 2.68. The molecule has 0 unspecified atom stereocenters. The molecule has 0 aliphatic heterocycles. The van der Waals surface area contributed by atoms with E-state index in [1.54, 1.807) is 13.3 Å². The van der Waals surface area contributed by atoms with E-state index in [0.29, 0.717) is 48.3 Å². The van der Waals surface area contributed by atoms with Gasteiger partial charge in [0, 0.05) is 38.7 Å². The molecule has 0 aliphatic carbocycles. The van der Waals surface area contributed by atoms with Gasteiger partial charge in [0.25, 0.3) is 0 Å². The largest absolute Gasteiger partial charge is 0.475 e. The molecule has 2 rings (SSSR count). The van der Waals surface area contributed by atoms with Crippen LogP contribution in [0.25, 0.3) is 0 Å². The average molecular weight is 542 g/mol. The Kier molecular flexibility index (Phi) is 11.6. The number of rotatable bonds is 9. The van der Waals surface area contributed by atoms with Crippen LogP contribution in [0.3, 0.4) is 0 Å². The van der Waals surface area contributed by atoms with E-state index < -0.39 is 0 Å². The molecule has 7 nitrogen and oxygen atoms in total. The monoisotopic (exact) mass is 541 g/mol. The lowest BCUT2D eigenvalue weighted by Gasteiger charge is -2.12. The second-order valence-corrected chi connectivity index (χ2v) is 6.49. The Morgan fingerprint density at radius 3 is 2.61 bits per heavy atom. The van der Waals surface area contributed by atoms with Crippen LogP contribution in [0, 0.1) is 0 Å². The molecule has 0 bridgehead atoms. The highest BCUT2D eigenvalue weighted by atomic mass is 127. The Morgan fingerprint density at radius 1 is 1.25 bits per heavy atom. The normalized spacial score (nSPS) is 11.1. The lowest BCUT2D eigenvalue weighted by molar-refractivity contribution is 0.143. The highest BCUT2D eigenvalue weighted by molar-refractivity contribution is 14.0. The fraction of sp³-hybridized carbons (Fsp3) is 0.444. The van der Waals surface area contributed by atoms with Gasteiger partial charge in [0.1, 0.15) is 11.8 Å². The van der Waals surface area contributed by atoms with E-state index in [4.69, 9.17) is 32.7 Å². The van der Waals surface area contributed by atoms with Gasteiger partial charge in [-0.15, -0.1) is 24.0 Å². The van der Waals surface area contributed by atoms with Crippen molar-refractivity contribution in [3.05, 3.63) is 45.8 Å². The highest BCUT2D eigenvalue weighted by Crippen LogP contribution is 2.24. The molecule has 0 spiro atoms. The van der Waals surface area contributed by atoms with Crippen LogP contribution in [-0.2, 0) is 24.9 Å². The number of guanidine groups is 1. The van der Waals surface area contributed by atoms with Gasteiger partial charge in [-0.2, -0.15) is 0 Å². The van der Waals surface area contributed by atoms with Crippen molar-refractivity contribution in [3.63, 3.8) is 0 Å². The van der Waals surface area contributed by atoms with Crippen LogP contribution < -0.4 is 15.4 Å². The first-order valence-corrected chi connectivity index (χ1v) is 9.39. The minimum absolute atomic E-state index is 0. The van der Waals surface area contributed by atoms with Crippen LogP contribution in [0.4, 0.5) is 0 Å². The van der Waals surface area contributed by atoms with Crippen molar-refractivity contribution in [1.82, 2.24) is 20.2 Å². The van der Waals surface area contributed by atoms with Gasteiger partial charge in [0.2, 0.25) is 5.88 Å². The van der Waals surface area contributed by atoms with Crippen LogP contribution in [0.15, 0.2) is 29.4 Å². The van der Waals surface area contributed by atoms with E-state index in [-0.39, 0.29) is 24.0 Å². The smallest absolute Gasteiger partial charge is 0.213 e. The SMILES string of the molecule is CCNC(=NCc1ccc(OCCOC)nc1)NCc1cc(Cl)c(Cl)n1C.I. The molecule has 0 saturated heterocycles.